The Kier molecular flexibility index (Phi) is 5.62. The van der Waals surface area contributed by atoms with E-state index < -0.39 is 10.0 Å². The Balaban J connectivity index is 1.58. The number of nitrogens with zero attached hydrogens (tertiary/aromatic N) is 4. The number of aryl methyl sites for hydroxylation is 1. The number of hydrogen-bond acceptors (Lipinski definition) is 6. The Morgan fingerprint density at radius 1 is 1.15 bits per heavy atom. The number of nitrogens with one attached hydrogen (secondary N) is 3. The predicted molar refractivity (Wildman–Crippen MR) is 106 cm³/mol. The molecule has 1 aromatic carbocycles. The molecule has 2 aromatic heterocycles. The van der Waals surface area contributed by atoms with E-state index >= 15 is 0 Å². The molecule has 0 fully saturated rings. The summed E-state index contributed by atoms with van der Waals surface area (Å²) in [6.07, 6.45) is 4.76. The van der Waals surface area contributed by atoms with Crippen molar-refractivity contribution in [3.63, 3.8) is 0 Å². The average Bonchev–Trinajstić information content (AvgIpc) is 3.06. The van der Waals surface area contributed by atoms with Crippen LogP contribution in [0, 0.1) is 0 Å². The molecule has 0 saturated carbocycles. The Hall–Kier alpha value is -3.05. The largest absolute Gasteiger partial charge is 0.357 e. The normalized spacial score (nSPS) is 11.0. The van der Waals surface area contributed by atoms with Gasteiger partial charge in [0.1, 0.15) is 0 Å². The summed E-state index contributed by atoms with van der Waals surface area (Å²) in [6, 6.07) is 9.66. The Morgan fingerprint density at radius 3 is 2.48 bits per heavy atom. The van der Waals surface area contributed by atoms with Crippen LogP contribution in [-0.4, -0.2) is 33.3 Å². The summed E-state index contributed by atoms with van der Waals surface area (Å²) in [4.78, 5) is 7.79. The topological polar surface area (TPSA) is 114 Å². The van der Waals surface area contributed by atoms with Crippen LogP contribution in [0.15, 0.2) is 59.9 Å². The lowest BCUT2D eigenvalue weighted by atomic mass is 10.3. The monoisotopic (exact) mass is 403 g/mol. The van der Waals surface area contributed by atoms with Crippen LogP contribution in [-0.2, 0) is 23.6 Å². The van der Waals surface area contributed by atoms with Crippen LogP contribution in [0.2, 0.25) is 0 Å². The molecule has 2 heterocycles. The molecule has 3 aromatic rings. The van der Waals surface area contributed by atoms with E-state index in [0.717, 1.165) is 5.69 Å². The summed E-state index contributed by atoms with van der Waals surface area (Å²) in [5, 5.41) is 10.7. The highest BCUT2D eigenvalue weighted by Gasteiger charge is 2.15. The number of sulfonamides is 1. The molecular formula is C16H17N7O2S2. The van der Waals surface area contributed by atoms with Crippen molar-refractivity contribution in [2.75, 3.05) is 10.0 Å². The zero-order valence-electron chi connectivity index (χ0n) is 14.3. The molecule has 0 unspecified atom stereocenters. The van der Waals surface area contributed by atoms with Gasteiger partial charge in [0.05, 0.1) is 17.1 Å². The highest BCUT2D eigenvalue weighted by atomic mass is 32.2. The van der Waals surface area contributed by atoms with Crippen LogP contribution in [0.4, 0.5) is 11.6 Å². The fourth-order valence-electron chi connectivity index (χ4n) is 2.15. The fraction of sp³-hybridized carbons (Fsp3) is 0.125. The summed E-state index contributed by atoms with van der Waals surface area (Å²) in [5.74, 6) is 0.0135. The van der Waals surface area contributed by atoms with Gasteiger partial charge in [-0.1, -0.05) is 0 Å². The molecule has 0 atom stereocenters. The SMILES string of the molecule is Cn1ccc(CNC(=S)Nc2ccc(S(=O)(=O)Nc3ncccn3)cc2)n1. The van der Waals surface area contributed by atoms with Gasteiger partial charge in [-0.25, -0.2) is 23.1 Å². The first-order chi connectivity index (χ1) is 12.9. The van der Waals surface area contributed by atoms with E-state index in [-0.39, 0.29) is 10.8 Å². The minimum Gasteiger partial charge on any atom is -0.357 e. The molecule has 0 aliphatic carbocycles. The zero-order chi connectivity index (χ0) is 19.3. The van der Waals surface area contributed by atoms with Gasteiger partial charge in [0.15, 0.2) is 5.11 Å². The van der Waals surface area contributed by atoms with Crippen molar-refractivity contribution in [2.45, 2.75) is 11.4 Å². The quantitative estimate of drug-likeness (QED) is 0.531. The van der Waals surface area contributed by atoms with Gasteiger partial charge >= 0.3 is 0 Å². The predicted octanol–water partition coefficient (Wildman–Crippen LogP) is 1.50. The van der Waals surface area contributed by atoms with E-state index in [1.54, 1.807) is 22.9 Å². The summed E-state index contributed by atoms with van der Waals surface area (Å²) in [6.45, 7) is 0.486. The van der Waals surface area contributed by atoms with Gasteiger partial charge in [0, 0.05) is 31.3 Å². The van der Waals surface area contributed by atoms with Gasteiger partial charge in [0.25, 0.3) is 10.0 Å². The molecule has 27 heavy (non-hydrogen) atoms. The highest BCUT2D eigenvalue weighted by Crippen LogP contribution is 2.16. The minimum absolute atomic E-state index is 0.0135. The molecule has 3 N–H and O–H groups in total. The molecule has 0 saturated heterocycles. The molecule has 140 valence electrons. The van der Waals surface area contributed by atoms with Gasteiger partial charge < -0.3 is 10.6 Å². The average molecular weight is 403 g/mol. The van der Waals surface area contributed by atoms with Crippen LogP contribution >= 0.6 is 12.2 Å². The number of benzene rings is 1. The molecule has 9 nitrogen and oxygen atoms in total. The van der Waals surface area contributed by atoms with Gasteiger partial charge in [-0.2, -0.15) is 5.10 Å². The Morgan fingerprint density at radius 2 is 1.85 bits per heavy atom. The standard InChI is InChI=1S/C16H17N7O2S2/c1-23-10-7-13(21-23)11-19-16(26)20-12-3-5-14(6-4-12)27(24,25)22-15-17-8-2-9-18-15/h2-10H,11H2,1H3,(H,17,18,22)(H2,19,20,26). The Bertz CT molecular complexity index is 1020. The molecule has 3 rings (SSSR count). The van der Waals surface area contributed by atoms with Gasteiger partial charge in [0.2, 0.25) is 5.95 Å². The summed E-state index contributed by atoms with van der Waals surface area (Å²) in [7, 11) is -1.92. The number of hydrogen-bond donors (Lipinski definition) is 3. The lowest BCUT2D eigenvalue weighted by Gasteiger charge is -2.11. The summed E-state index contributed by atoms with van der Waals surface area (Å²) < 4.78 is 28.7. The van der Waals surface area contributed by atoms with Crippen LogP contribution < -0.4 is 15.4 Å². The first-order valence-electron chi connectivity index (χ1n) is 7.86. The van der Waals surface area contributed by atoms with E-state index in [1.807, 2.05) is 19.3 Å². The smallest absolute Gasteiger partial charge is 0.264 e. The second kappa shape index (κ2) is 8.10. The molecule has 11 heteroatoms. The summed E-state index contributed by atoms with van der Waals surface area (Å²) >= 11 is 5.23. The van der Waals surface area contributed by atoms with Crippen LogP contribution in [0.1, 0.15) is 5.69 Å². The Labute approximate surface area is 161 Å². The number of aromatic nitrogens is 4. The van der Waals surface area contributed by atoms with Crippen molar-refractivity contribution >= 4 is 39.0 Å². The zero-order valence-corrected chi connectivity index (χ0v) is 16.0. The second-order valence-corrected chi connectivity index (χ2v) is 7.58. The maximum absolute atomic E-state index is 12.3. The molecule has 0 aliphatic rings. The molecular weight excluding hydrogens is 386 g/mol. The number of rotatable bonds is 6. The summed E-state index contributed by atoms with van der Waals surface area (Å²) in [5.41, 5.74) is 1.51. The third kappa shape index (κ3) is 5.21. The maximum atomic E-state index is 12.3. The van der Waals surface area contributed by atoms with E-state index in [1.165, 1.54) is 24.5 Å². The van der Waals surface area contributed by atoms with E-state index in [4.69, 9.17) is 12.2 Å². The number of thiocarbonyl (C=S) groups is 1. The van der Waals surface area contributed by atoms with Crippen molar-refractivity contribution in [1.29, 1.82) is 0 Å². The lowest BCUT2D eigenvalue weighted by Crippen LogP contribution is -2.28. The van der Waals surface area contributed by atoms with Crippen LogP contribution in [0.5, 0.6) is 0 Å². The third-order valence-corrected chi connectivity index (χ3v) is 5.00. The second-order valence-electron chi connectivity index (χ2n) is 5.49. The lowest BCUT2D eigenvalue weighted by molar-refractivity contribution is 0.601. The first-order valence-corrected chi connectivity index (χ1v) is 9.75. The van der Waals surface area contributed by atoms with E-state index in [2.05, 4.69) is 30.4 Å². The van der Waals surface area contributed by atoms with E-state index in [0.29, 0.717) is 17.3 Å². The van der Waals surface area contributed by atoms with Crippen LogP contribution in [0.25, 0.3) is 0 Å². The first kappa shape index (κ1) is 18.7. The van der Waals surface area contributed by atoms with Crippen molar-refractivity contribution < 1.29 is 8.42 Å². The van der Waals surface area contributed by atoms with E-state index in [9.17, 15) is 8.42 Å². The van der Waals surface area contributed by atoms with Gasteiger partial charge in [-0.05, 0) is 48.6 Å². The van der Waals surface area contributed by atoms with Crippen molar-refractivity contribution in [3.8, 4) is 0 Å². The molecule has 0 amide bonds. The minimum atomic E-state index is -3.76. The van der Waals surface area contributed by atoms with Crippen molar-refractivity contribution in [1.82, 2.24) is 25.1 Å². The molecule has 0 radical (unpaired) electrons. The fourth-order valence-corrected chi connectivity index (χ4v) is 3.30. The van der Waals surface area contributed by atoms with Gasteiger partial charge in [-0.3, -0.25) is 4.68 Å². The molecule has 0 spiro atoms. The maximum Gasteiger partial charge on any atom is 0.264 e. The highest BCUT2D eigenvalue weighted by molar-refractivity contribution is 7.92. The molecule has 0 aliphatic heterocycles. The van der Waals surface area contributed by atoms with Crippen molar-refractivity contribution in [3.05, 3.63) is 60.7 Å². The van der Waals surface area contributed by atoms with Crippen molar-refractivity contribution in [2.24, 2.45) is 7.05 Å². The third-order valence-electron chi connectivity index (χ3n) is 3.41. The van der Waals surface area contributed by atoms with Gasteiger partial charge in [-0.15, -0.1) is 0 Å². The molecule has 0 bridgehead atoms. The number of anilines is 2. The van der Waals surface area contributed by atoms with Crippen LogP contribution in [0.3, 0.4) is 0 Å².